The van der Waals surface area contributed by atoms with E-state index in [0.29, 0.717) is 5.69 Å². The van der Waals surface area contributed by atoms with E-state index in [4.69, 9.17) is 0 Å². The Morgan fingerprint density at radius 3 is 2.71 bits per heavy atom. The number of nitrogens with one attached hydrogen (secondary N) is 1. The Balaban J connectivity index is 2.52. The number of benzene rings is 1. The van der Waals surface area contributed by atoms with Crippen LogP contribution in [0.2, 0.25) is 0 Å². The molecule has 0 radical (unpaired) electrons. The molecule has 0 aromatic heterocycles. The van der Waals surface area contributed by atoms with Crippen LogP contribution in [0.3, 0.4) is 0 Å². The van der Waals surface area contributed by atoms with Crippen molar-refractivity contribution in [1.82, 2.24) is 0 Å². The lowest BCUT2D eigenvalue weighted by molar-refractivity contribution is 0.167. The van der Waals surface area contributed by atoms with E-state index in [-0.39, 0.29) is 5.82 Å². The molecule has 1 rings (SSSR count). The van der Waals surface area contributed by atoms with E-state index >= 15 is 0 Å². The van der Waals surface area contributed by atoms with Crippen molar-refractivity contribution in [2.24, 2.45) is 5.16 Å². The highest BCUT2D eigenvalue weighted by atomic mass is 19.1. The van der Waals surface area contributed by atoms with E-state index < -0.39 is 6.09 Å². The predicted octanol–water partition coefficient (Wildman–Crippen LogP) is 2.38. The highest BCUT2D eigenvalue weighted by Crippen LogP contribution is 2.08. The van der Waals surface area contributed by atoms with Crippen molar-refractivity contribution in [1.29, 1.82) is 0 Å². The molecule has 0 fully saturated rings. The van der Waals surface area contributed by atoms with Crippen molar-refractivity contribution in [2.45, 2.75) is 6.92 Å². The van der Waals surface area contributed by atoms with Crippen molar-refractivity contribution < 1.29 is 14.0 Å². The van der Waals surface area contributed by atoms with E-state index in [1.807, 2.05) is 0 Å². The molecule has 74 valence electrons. The van der Waals surface area contributed by atoms with Gasteiger partial charge in [-0.3, -0.25) is 10.2 Å². The number of oxime groups is 1. The summed E-state index contributed by atoms with van der Waals surface area (Å²) in [6.07, 6.45) is 0.624. The molecular formula is C9H9FN2O2. The lowest BCUT2D eigenvalue weighted by atomic mass is 10.3. The van der Waals surface area contributed by atoms with Crippen LogP contribution in [0.4, 0.5) is 14.9 Å². The summed E-state index contributed by atoms with van der Waals surface area (Å²) in [5.74, 6) is -0.365. The first-order chi connectivity index (χ1) is 6.72. The van der Waals surface area contributed by atoms with Crippen LogP contribution in [0.25, 0.3) is 0 Å². The molecule has 0 spiro atoms. The third-order valence-electron chi connectivity index (χ3n) is 1.33. The summed E-state index contributed by atoms with van der Waals surface area (Å²) < 4.78 is 12.5. The second kappa shape index (κ2) is 4.96. The van der Waals surface area contributed by atoms with Gasteiger partial charge in [-0.25, -0.2) is 9.18 Å². The molecule has 0 heterocycles. The van der Waals surface area contributed by atoms with E-state index in [1.54, 1.807) is 6.92 Å². The largest absolute Gasteiger partial charge is 0.437 e. The monoisotopic (exact) mass is 196 g/mol. The van der Waals surface area contributed by atoms with Crippen LogP contribution in [-0.4, -0.2) is 12.3 Å². The topological polar surface area (TPSA) is 50.7 Å². The molecule has 0 bridgehead atoms. The minimum absolute atomic E-state index is 0.365. The molecule has 0 atom stereocenters. The molecule has 0 unspecified atom stereocenters. The van der Waals surface area contributed by atoms with Crippen molar-refractivity contribution in [3.05, 3.63) is 30.1 Å². The average molecular weight is 196 g/mol. The predicted molar refractivity (Wildman–Crippen MR) is 50.7 cm³/mol. The van der Waals surface area contributed by atoms with Crippen LogP contribution in [-0.2, 0) is 4.84 Å². The van der Waals surface area contributed by atoms with Gasteiger partial charge in [0.1, 0.15) is 5.82 Å². The normalized spacial score (nSPS) is 10.1. The minimum atomic E-state index is -0.713. The number of amides is 1. The summed E-state index contributed by atoms with van der Waals surface area (Å²) in [6.45, 7) is 1.62. The van der Waals surface area contributed by atoms with Crippen LogP contribution in [0.15, 0.2) is 29.4 Å². The second-order valence-electron chi connectivity index (χ2n) is 2.37. The third kappa shape index (κ3) is 3.22. The van der Waals surface area contributed by atoms with Crippen molar-refractivity contribution in [3.63, 3.8) is 0 Å². The molecule has 0 saturated heterocycles. The summed E-state index contributed by atoms with van der Waals surface area (Å²) in [4.78, 5) is 15.3. The van der Waals surface area contributed by atoms with Gasteiger partial charge in [0, 0.05) is 11.9 Å². The molecule has 14 heavy (non-hydrogen) atoms. The zero-order valence-electron chi connectivity index (χ0n) is 7.53. The quantitative estimate of drug-likeness (QED) is 0.448. The molecule has 1 aromatic rings. The van der Waals surface area contributed by atoms with Crippen LogP contribution < -0.4 is 5.32 Å². The van der Waals surface area contributed by atoms with Gasteiger partial charge in [-0.05, 0) is 31.2 Å². The molecule has 0 saturated carbocycles. The van der Waals surface area contributed by atoms with Gasteiger partial charge >= 0.3 is 6.09 Å². The molecular weight excluding hydrogens is 187 g/mol. The second-order valence-corrected chi connectivity index (χ2v) is 2.37. The zero-order valence-corrected chi connectivity index (χ0v) is 7.53. The van der Waals surface area contributed by atoms with E-state index in [2.05, 4.69) is 15.3 Å². The highest BCUT2D eigenvalue weighted by molar-refractivity contribution is 5.84. The summed E-state index contributed by atoms with van der Waals surface area (Å²) >= 11 is 0. The molecule has 0 aliphatic rings. The standard InChI is InChI=1S/C9H9FN2O2/c1-2-11-14-9(13)12-8-5-3-7(10)4-6-8/h2-6H,1H3,(H,12,13)/b11-2+. The van der Waals surface area contributed by atoms with Gasteiger partial charge in [0.2, 0.25) is 0 Å². The van der Waals surface area contributed by atoms with Crippen molar-refractivity contribution in [2.75, 3.05) is 5.32 Å². The Morgan fingerprint density at radius 1 is 1.50 bits per heavy atom. The Morgan fingerprint density at radius 2 is 2.14 bits per heavy atom. The molecule has 5 heteroatoms. The average Bonchev–Trinajstić information content (AvgIpc) is 2.18. The van der Waals surface area contributed by atoms with E-state index in [9.17, 15) is 9.18 Å². The fourth-order valence-corrected chi connectivity index (χ4v) is 0.774. The van der Waals surface area contributed by atoms with Gasteiger partial charge in [0.25, 0.3) is 0 Å². The van der Waals surface area contributed by atoms with Crippen LogP contribution in [0.1, 0.15) is 6.92 Å². The van der Waals surface area contributed by atoms with Crippen LogP contribution in [0, 0.1) is 5.82 Å². The summed E-state index contributed by atoms with van der Waals surface area (Å²) in [5, 5.41) is 5.64. The molecule has 0 aliphatic heterocycles. The number of nitrogens with zero attached hydrogens (tertiary/aromatic N) is 1. The van der Waals surface area contributed by atoms with Crippen molar-refractivity contribution >= 4 is 18.0 Å². The number of carbonyl (C=O) groups is 1. The molecule has 1 amide bonds. The fraction of sp³-hybridized carbons (Fsp3) is 0.111. The summed E-state index contributed by atoms with van der Waals surface area (Å²) in [6, 6.07) is 5.32. The molecule has 1 N–H and O–H groups in total. The SMILES string of the molecule is C/C=N/OC(=O)Nc1ccc(F)cc1. The molecule has 1 aromatic carbocycles. The maximum atomic E-state index is 12.5. The van der Waals surface area contributed by atoms with Gasteiger partial charge in [0.05, 0.1) is 0 Å². The molecule has 4 nitrogen and oxygen atoms in total. The molecule has 0 aliphatic carbocycles. The van der Waals surface area contributed by atoms with E-state index in [0.717, 1.165) is 0 Å². The van der Waals surface area contributed by atoms with E-state index in [1.165, 1.54) is 30.5 Å². The first-order valence-electron chi connectivity index (χ1n) is 3.94. The number of rotatable bonds is 2. The zero-order chi connectivity index (χ0) is 10.4. The van der Waals surface area contributed by atoms with Crippen molar-refractivity contribution in [3.8, 4) is 0 Å². The number of halogens is 1. The highest BCUT2D eigenvalue weighted by Gasteiger charge is 2.01. The third-order valence-corrected chi connectivity index (χ3v) is 1.33. The fourth-order valence-electron chi connectivity index (χ4n) is 0.774. The van der Waals surface area contributed by atoms with Gasteiger partial charge in [0.15, 0.2) is 0 Å². The first kappa shape index (κ1) is 10.2. The summed E-state index contributed by atoms with van der Waals surface area (Å²) in [5.41, 5.74) is 0.447. The van der Waals surface area contributed by atoms with Crippen LogP contribution in [0.5, 0.6) is 0 Å². The van der Waals surface area contributed by atoms with Crippen LogP contribution >= 0.6 is 0 Å². The Kier molecular flexibility index (Phi) is 3.60. The maximum absolute atomic E-state index is 12.5. The van der Waals surface area contributed by atoms with Gasteiger partial charge in [-0.1, -0.05) is 5.16 Å². The van der Waals surface area contributed by atoms with Gasteiger partial charge in [-0.15, -0.1) is 0 Å². The maximum Gasteiger partial charge on any atom is 0.437 e. The van der Waals surface area contributed by atoms with Gasteiger partial charge < -0.3 is 0 Å². The number of hydrogen-bond donors (Lipinski definition) is 1. The Labute approximate surface area is 80.4 Å². The minimum Gasteiger partial charge on any atom is -0.298 e. The number of carbonyl (C=O) groups excluding carboxylic acids is 1. The number of anilines is 1. The van der Waals surface area contributed by atoms with Gasteiger partial charge in [-0.2, -0.15) is 0 Å². The Bertz CT molecular complexity index is 335. The summed E-state index contributed by atoms with van der Waals surface area (Å²) in [7, 11) is 0. The lowest BCUT2D eigenvalue weighted by Crippen LogP contribution is -2.10. The lowest BCUT2D eigenvalue weighted by Gasteiger charge is -2.01. The smallest absolute Gasteiger partial charge is 0.298 e. The number of hydrogen-bond acceptors (Lipinski definition) is 3. The Hall–Kier alpha value is -1.91. The first-order valence-corrected chi connectivity index (χ1v) is 3.94.